The van der Waals surface area contributed by atoms with Crippen molar-refractivity contribution in [1.29, 1.82) is 0 Å². The van der Waals surface area contributed by atoms with E-state index in [2.05, 4.69) is 34.8 Å². The molecule has 0 unspecified atom stereocenters. The van der Waals surface area contributed by atoms with Crippen LogP contribution >= 0.6 is 0 Å². The van der Waals surface area contributed by atoms with E-state index in [1.165, 1.54) is 12.8 Å². The van der Waals surface area contributed by atoms with Crippen LogP contribution in [0.1, 0.15) is 46.5 Å². The standard InChI is InChI=1S/C14H30N4O/c1-5-9-16-13(19)8-10-17-14(15-4)18-11-12(6-2)7-3/h12H,5-11H2,1-4H3,(H,16,19)(H2,15,17,18). The van der Waals surface area contributed by atoms with Gasteiger partial charge in [0.2, 0.25) is 5.91 Å². The van der Waals surface area contributed by atoms with E-state index in [1.54, 1.807) is 7.05 Å². The lowest BCUT2D eigenvalue weighted by Gasteiger charge is -2.16. The van der Waals surface area contributed by atoms with Gasteiger partial charge in [0, 0.05) is 33.1 Å². The summed E-state index contributed by atoms with van der Waals surface area (Å²) in [5.74, 6) is 1.53. The van der Waals surface area contributed by atoms with Crippen LogP contribution in [0.25, 0.3) is 0 Å². The molecule has 0 aromatic rings. The largest absolute Gasteiger partial charge is 0.356 e. The fourth-order valence-electron chi connectivity index (χ4n) is 1.69. The van der Waals surface area contributed by atoms with E-state index in [-0.39, 0.29) is 5.91 Å². The summed E-state index contributed by atoms with van der Waals surface area (Å²) in [6.45, 7) is 8.73. The van der Waals surface area contributed by atoms with Crippen molar-refractivity contribution < 1.29 is 4.79 Å². The van der Waals surface area contributed by atoms with Gasteiger partial charge in [-0.2, -0.15) is 0 Å². The van der Waals surface area contributed by atoms with Gasteiger partial charge in [0.25, 0.3) is 0 Å². The molecular weight excluding hydrogens is 240 g/mol. The normalized spacial score (nSPS) is 11.5. The third-order valence-electron chi connectivity index (χ3n) is 3.15. The second-order valence-electron chi connectivity index (χ2n) is 4.66. The number of carbonyl (C=O) groups excluding carboxylic acids is 1. The second kappa shape index (κ2) is 11.8. The summed E-state index contributed by atoms with van der Waals surface area (Å²) in [6.07, 6.45) is 3.78. The lowest BCUT2D eigenvalue weighted by atomic mass is 10.0. The topological polar surface area (TPSA) is 65.5 Å². The zero-order chi connectivity index (χ0) is 14.5. The van der Waals surface area contributed by atoms with Crippen molar-refractivity contribution in [2.24, 2.45) is 10.9 Å². The number of hydrogen-bond acceptors (Lipinski definition) is 2. The zero-order valence-electron chi connectivity index (χ0n) is 12.9. The second-order valence-corrected chi connectivity index (χ2v) is 4.66. The number of nitrogens with one attached hydrogen (secondary N) is 3. The quantitative estimate of drug-likeness (QED) is 0.439. The summed E-state index contributed by atoms with van der Waals surface area (Å²) >= 11 is 0. The number of hydrogen-bond donors (Lipinski definition) is 3. The van der Waals surface area contributed by atoms with Gasteiger partial charge >= 0.3 is 0 Å². The van der Waals surface area contributed by atoms with Crippen LogP contribution in [0.15, 0.2) is 4.99 Å². The molecule has 112 valence electrons. The van der Waals surface area contributed by atoms with Gasteiger partial charge in [-0.15, -0.1) is 0 Å². The van der Waals surface area contributed by atoms with Crippen molar-refractivity contribution in [2.45, 2.75) is 46.5 Å². The van der Waals surface area contributed by atoms with Gasteiger partial charge in [-0.3, -0.25) is 9.79 Å². The first-order valence-corrected chi connectivity index (χ1v) is 7.39. The first kappa shape index (κ1) is 17.7. The van der Waals surface area contributed by atoms with E-state index >= 15 is 0 Å². The monoisotopic (exact) mass is 270 g/mol. The van der Waals surface area contributed by atoms with Crippen LogP contribution in [-0.2, 0) is 4.79 Å². The zero-order valence-corrected chi connectivity index (χ0v) is 12.9. The maximum Gasteiger partial charge on any atom is 0.221 e. The third-order valence-corrected chi connectivity index (χ3v) is 3.15. The average Bonchev–Trinajstić information content (AvgIpc) is 2.44. The van der Waals surface area contributed by atoms with Gasteiger partial charge < -0.3 is 16.0 Å². The molecule has 3 N–H and O–H groups in total. The lowest BCUT2D eigenvalue weighted by molar-refractivity contribution is -0.120. The molecule has 1 amide bonds. The highest BCUT2D eigenvalue weighted by Gasteiger charge is 2.05. The highest BCUT2D eigenvalue weighted by Crippen LogP contribution is 2.04. The molecule has 0 aliphatic rings. The Morgan fingerprint density at radius 1 is 1.05 bits per heavy atom. The predicted octanol–water partition coefficient (Wildman–Crippen LogP) is 1.50. The van der Waals surface area contributed by atoms with Crippen molar-refractivity contribution in [3.8, 4) is 0 Å². The van der Waals surface area contributed by atoms with Crippen LogP contribution in [0, 0.1) is 5.92 Å². The van der Waals surface area contributed by atoms with Crippen molar-refractivity contribution in [2.75, 3.05) is 26.7 Å². The Balaban J connectivity index is 3.79. The first-order valence-electron chi connectivity index (χ1n) is 7.39. The number of rotatable bonds is 9. The van der Waals surface area contributed by atoms with Gasteiger partial charge in [-0.25, -0.2) is 0 Å². The van der Waals surface area contributed by atoms with Crippen LogP contribution < -0.4 is 16.0 Å². The van der Waals surface area contributed by atoms with Gasteiger partial charge in [0.1, 0.15) is 0 Å². The van der Waals surface area contributed by atoms with Crippen LogP contribution in [0.4, 0.5) is 0 Å². The predicted molar refractivity (Wildman–Crippen MR) is 81.4 cm³/mol. The summed E-state index contributed by atoms with van der Waals surface area (Å²) in [4.78, 5) is 15.6. The van der Waals surface area contributed by atoms with E-state index in [1.807, 2.05) is 6.92 Å². The molecule has 0 aromatic heterocycles. The molecule has 19 heavy (non-hydrogen) atoms. The molecule has 0 saturated carbocycles. The molecule has 0 saturated heterocycles. The lowest BCUT2D eigenvalue weighted by Crippen LogP contribution is -2.41. The van der Waals surface area contributed by atoms with Crippen molar-refractivity contribution in [3.63, 3.8) is 0 Å². The maximum atomic E-state index is 11.4. The number of amides is 1. The minimum absolute atomic E-state index is 0.0878. The van der Waals surface area contributed by atoms with E-state index < -0.39 is 0 Å². The van der Waals surface area contributed by atoms with Gasteiger partial charge in [-0.1, -0.05) is 33.6 Å². The summed E-state index contributed by atoms with van der Waals surface area (Å²) in [5, 5.41) is 9.31. The molecule has 0 aromatic carbocycles. The van der Waals surface area contributed by atoms with Gasteiger partial charge in [0.15, 0.2) is 5.96 Å². The summed E-state index contributed by atoms with van der Waals surface area (Å²) in [7, 11) is 1.75. The fourth-order valence-corrected chi connectivity index (χ4v) is 1.69. The Hall–Kier alpha value is -1.26. The summed E-state index contributed by atoms with van der Waals surface area (Å²) < 4.78 is 0. The molecule has 0 atom stereocenters. The van der Waals surface area contributed by atoms with E-state index in [0.29, 0.717) is 18.9 Å². The highest BCUT2D eigenvalue weighted by atomic mass is 16.1. The van der Waals surface area contributed by atoms with Crippen molar-refractivity contribution in [3.05, 3.63) is 0 Å². The van der Waals surface area contributed by atoms with Gasteiger partial charge in [0.05, 0.1) is 0 Å². The van der Waals surface area contributed by atoms with Crippen LogP contribution in [0.3, 0.4) is 0 Å². The number of carbonyl (C=O) groups is 1. The maximum absolute atomic E-state index is 11.4. The molecule has 0 bridgehead atoms. The van der Waals surface area contributed by atoms with Crippen molar-refractivity contribution >= 4 is 11.9 Å². The van der Waals surface area contributed by atoms with E-state index in [4.69, 9.17) is 0 Å². The Morgan fingerprint density at radius 3 is 2.26 bits per heavy atom. The fraction of sp³-hybridized carbons (Fsp3) is 0.857. The van der Waals surface area contributed by atoms with E-state index in [0.717, 1.165) is 25.5 Å². The molecule has 0 aliphatic carbocycles. The molecule has 0 spiro atoms. The molecule has 5 nitrogen and oxygen atoms in total. The van der Waals surface area contributed by atoms with Crippen LogP contribution in [0.5, 0.6) is 0 Å². The summed E-state index contributed by atoms with van der Waals surface area (Å²) in [5.41, 5.74) is 0. The number of aliphatic imine (C=N–C) groups is 1. The molecule has 0 radical (unpaired) electrons. The van der Waals surface area contributed by atoms with Crippen LogP contribution in [-0.4, -0.2) is 38.5 Å². The Labute approximate surface area is 117 Å². The Bertz CT molecular complexity index is 262. The minimum atomic E-state index is 0.0878. The highest BCUT2D eigenvalue weighted by molar-refractivity contribution is 5.81. The number of guanidine groups is 1. The number of nitrogens with zero attached hydrogens (tertiary/aromatic N) is 1. The molecule has 0 fully saturated rings. The average molecular weight is 270 g/mol. The SMILES string of the molecule is CCCNC(=O)CCNC(=NC)NCC(CC)CC. The molecular formula is C14H30N4O. The molecule has 0 heterocycles. The minimum Gasteiger partial charge on any atom is -0.356 e. The Kier molecular flexibility index (Phi) is 11.0. The first-order chi connectivity index (χ1) is 9.17. The molecule has 0 aliphatic heterocycles. The van der Waals surface area contributed by atoms with Crippen LogP contribution in [0.2, 0.25) is 0 Å². The van der Waals surface area contributed by atoms with Crippen molar-refractivity contribution in [1.82, 2.24) is 16.0 Å². The van der Waals surface area contributed by atoms with Gasteiger partial charge in [-0.05, 0) is 12.3 Å². The smallest absolute Gasteiger partial charge is 0.221 e. The summed E-state index contributed by atoms with van der Waals surface area (Å²) in [6, 6.07) is 0. The van der Waals surface area contributed by atoms with E-state index in [9.17, 15) is 4.79 Å². The molecule has 5 heteroatoms. The Morgan fingerprint density at radius 2 is 1.74 bits per heavy atom. The molecule has 0 rings (SSSR count). The third kappa shape index (κ3) is 9.33.